The van der Waals surface area contributed by atoms with Crippen LogP contribution in [0.4, 0.5) is 11.4 Å². The number of esters is 1. The van der Waals surface area contributed by atoms with E-state index in [4.69, 9.17) is 9.47 Å². The lowest BCUT2D eigenvalue weighted by atomic mass is 9.62. The van der Waals surface area contributed by atoms with Gasteiger partial charge >= 0.3 is 5.97 Å². The molecule has 0 aromatic heterocycles. The minimum atomic E-state index is -1.24. The Hall–Kier alpha value is -3.17. The van der Waals surface area contributed by atoms with Crippen molar-refractivity contribution in [3.63, 3.8) is 0 Å². The number of benzene rings is 1. The number of anilines is 2. The fourth-order valence-electron chi connectivity index (χ4n) is 7.81. The molecule has 1 aromatic carbocycles. The first-order valence-electron chi connectivity index (χ1n) is 16.1. The Morgan fingerprint density at radius 3 is 2.34 bits per heavy atom. The molecule has 0 aliphatic carbocycles. The van der Waals surface area contributed by atoms with E-state index in [0.717, 1.165) is 18.8 Å². The Bertz CT molecular complexity index is 1230. The number of carbonyl (C=O) groups excluding carboxylic acids is 3. The van der Waals surface area contributed by atoms with Crippen LogP contribution in [-0.4, -0.2) is 83.9 Å². The molecule has 3 aliphatic heterocycles. The van der Waals surface area contributed by atoms with Gasteiger partial charge in [-0.15, -0.1) is 13.2 Å². The zero-order chi connectivity index (χ0) is 32.4. The number of hydrogen-bond acceptors (Lipinski definition) is 7. The number of rotatable bonds is 15. The predicted octanol–water partition coefficient (Wildman–Crippen LogP) is 4.59. The van der Waals surface area contributed by atoms with Gasteiger partial charge in [0.1, 0.15) is 17.6 Å². The molecule has 9 nitrogen and oxygen atoms in total. The average molecular weight is 610 g/mol. The minimum absolute atomic E-state index is 0.111. The Balaban J connectivity index is 1.80. The van der Waals surface area contributed by atoms with Gasteiger partial charge in [0, 0.05) is 31.0 Å². The molecule has 3 fully saturated rings. The number of likely N-dealkylation sites (tertiary alicyclic amines) is 1. The summed E-state index contributed by atoms with van der Waals surface area (Å²) in [5, 5.41) is 10.6. The van der Waals surface area contributed by atoms with Crippen molar-refractivity contribution < 1.29 is 29.0 Å². The third kappa shape index (κ3) is 5.47. The van der Waals surface area contributed by atoms with Gasteiger partial charge in [-0.3, -0.25) is 14.4 Å². The van der Waals surface area contributed by atoms with E-state index >= 15 is 0 Å². The van der Waals surface area contributed by atoms with Gasteiger partial charge in [-0.2, -0.15) is 0 Å². The van der Waals surface area contributed by atoms with E-state index in [1.54, 1.807) is 17.1 Å². The molecule has 44 heavy (non-hydrogen) atoms. The predicted molar refractivity (Wildman–Crippen MR) is 172 cm³/mol. The molecule has 242 valence electrons. The number of ether oxygens (including phenoxy) is 2. The zero-order valence-corrected chi connectivity index (χ0v) is 27.3. The molecule has 2 amide bonds. The van der Waals surface area contributed by atoms with Crippen LogP contribution in [0.3, 0.4) is 0 Å². The highest BCUT2D eigenvalue weighted by Gasteiger charge is 2.81. The van der Waals surface area contributed by atoms with Crippen molar-refractivity contribution in [3.8, 4) is 0 Å². The van der Waals surface area contributed by atoms with Gasteiger partial charge in [-0.05, 0) is 76.1 Å². The van der Waals surface area contributed by atoms with Gasteiger partial charge in [0.2, 0.25) is 5.91 Å². The van der Waals surface area contributed by atoms with Gasteiger partial charge in [0.25, 0.3) is 5.91 Å². The fourth-order valence-corrected chi connectivity index (χ4v) is 7.81. The molecule has 1 aromatic rings. The number of nitrogens with zero attached hydrogens (tertiary/aromatic N) is 3. The van der Waals surface area contributed by atoms with E-state index < -0.39 is 41.1 Å². The van der Waals surface area contributed by atoms with Crippen molar-refractivity contribution in [2.75, 3.05) is 42.6 Å². The van der Waals surface area contributed by atoms with Gasteiger partial charge in [-0.1, -0.05) is 32.9 Å². The Labute approximate surface area is 262 Å². The third-order valence-corrected chi connectivity index (χ3v) is 10.2. The lowest BCUT2D eigenvalue weighted by Gasteiger charge is -2.40. The van der Waals surface area contributed by atoms with E-state index in [9.17, 15) is 19.5 Å². The van der Waals surface area contributed by atoms with Crippen LogP contribution in [0.1, 0.15) is 60.8 Å². The van der Waals surface area contributed by atoms with Crippen LogP contribution in [-0.2, 0) is 23.9 Å². The molecule has 3 heterocycles. The van der Waals surface area contributed by atoms with E-state index in [1.807, 2.05) is 52.0 Å². The fraction of sp³-hybridized carbons (Fsp3) is 0.629. The molecule has 1 N–H and O–H groups in total. The quantitative estimate of drug-likeness (QED) is 0.176. The topological polar surface area (TPSA) is 99.6 Å². The number of allylic oxidation sites excluding steroid dienone is 1. The van der Waals surface area contributed by atoms with Gasteiger partial charge in [0.05, 0.1) is 30.8 Å². The number of aliphatic hydroxyl groups excluding tert-OH is 1. The smallest absolute Gasteiger partial charge is 0.312 e. The first kappa shape index (κ1) is 33.7. The first-order valence-corrected chi connectivity index (χ1v) is 16.1. The van der Waals surface area contributed by atoms with Crippen LogP contribution in [0.2, 0.25) is 0 Å². The largest absolute Gasteiger partial charge is 0.465 e. The van der Waals surface area contributed by atoms with Gasteiger partial charge < -0.3 is 29.3 Å². The highest BCUT2D eigenvalue weighted by molar-refractivity contribution is 6.05. The van der Waals surface area contributed by atoms with Crippen LogP contribution in [0.5, 0.6) is 0 Å². The highest BCUT2D eigenvalue weighted by atomic mass is 16.6. The summed E-state index contributed by atoms with van der Waals surface area (Å²) in [5.74, 6) is -3.15. The number of hydrogen-bond donors (Lipinski definition) is 1. The Kier molecular flexibility index (Phi) is 10.3. The molecular weight excluding hydrogens is 558 g/mol. The lowest BCUT2D eigenvalue weighted by molar-refractivity contribution is -0.162. The van der Waals surface area contributed by atoms with E-state index in [2.05, 4.69) is 31.9 Å². The molecule has 4 rings (SSSR count). The van der Waals surface area contributed by atoms with E-state index in [0.29, 0.717) is 24.9 Å². The second-order valence-electron chi connectivity index (χ2n) is 13.0. The van der Waals surface area contributed by atoms with Crippen LogP contribution in [0.25, 0.3) is 0 Å². The van der Waals surface area contributed by atoms with Gasteiger partial charge in [0.15, 0.2) is 0 Å². The third-order valence-electron chi connectivity index (χ3n) is 10.2. The Morgan fingerprint density at radius 2 is 1.80 bits per heavy atom. The van der Waals surface area contributed by atoms with Crippen molar-refractivity contribution in [2.24, 2.45) is 23.7 Å². The number of unbranched alkanes of at least 4 members (excludes halogenated alkanes) is 1. The second-order valence-corrected chi connectivity index (χ2v) is 13.0. The Morgan fingerprint density at radius 1 is 1.16 bits per heavy atom. The molecule has 1 spiro atoms. The summed E-state index contributed by atoms with van der Waals surface area (Å²) < 4.78 is 12.6. The van der Waals surface area contributed by atoms with Crippen molar-refractivity contribution in [2.45, 2.75) is 84.1 Å². The maximum absolute atomic E-state index is 14.9. The van der Waals surface area contributed by atoms with Crippen molar-refractivity contribution in [1.29, 1.82) is 0 Å². The van der Waals surface area contributed by atoms with E-state index in [1.165, 1.54) is 4.90 Å². The summed E-state index contributed by atoms with van der Waals surface area (Å²) in [4.78, 5) is 48.6. The van der Waals surface area contributed by atoms with E-state index in [-0.39, 0.29) is 43.4 Å². The molecular formula is C35H51N3O6. The summed E-state index contributed by atoms with van der Waals surface area (Å²) in [7, 11) is 0. The first-order chi connectivity index (χ1) is 21.0. The van der Waals surface area contributed by atoms with Crippen LogP contribution in [0.15, 0.2) is 49.6 Å². The van der Waals surface area contributed by atoms with Gasteiger partial charge in [-0.25, -0.2) is 0 Å². The minimum Gasteiger partial charge on any atom is -0.465 e. The molecule has 3 unspecified atom stereocenters. The number of carbonyl (C=O) groups is 3. The maximum atomic E-state index is 14.9. The van der Waals surface area contributed by atoms with Crippen molar-refractivity contribution in [1.82, 2.24) is 4.90 Å². The summed E-state index contributed by atoms with van der Waals surface area (Å²) in [6, 6.07) is 6.14. The summed E-state index contributed by atoms with van der Waals surface area (Å²) in [6.45, 7) is 21.4. The van der Waals surface area contributed by atoms with Crippen LogP contribution >= 0.6 is 0 Å². The summed E-state index contributed by atoms with van der Waals surface area (Å²) >= 11 is 0. The standard InChI is InChI=1S/C35H51N3O6/c1-9-13-14-20-43-33(42)29-28-31(40)38(27(22-39)23(5)6)30(35(28)21-24(7)34(29,8)44-35)32(41)37(19-10-2)26-17-15-25(16-18-26)36(11-3)12-4/h9-10,15-18,23-24,27-30,39H,1-2,11-14,19-22H2,3-8H3/t24?,27-,28-,29+,30?,34-,35?/m0/s1. The van der Waals surface area contributed by atoms with Crippen molar-refractivity contribution >= 4 is 29.2 Å². The monoisotopic (exact) mass is 609 g/mol. The zero-order valence-electron chi connectivity index (χ0n) is 27.3. The number of fused-ring (bicyclic) bond motifs is 1. The lowest BCUT2D eigenvalue weighted by Crippen LogP contribution is -2.60. The molecule has 3 aliphatic rings. The summed E-state index contributed by atoms with van der Waals surface area (Å²) in [6.07, 6.45) is 5.22. The molecule has 7 atom stereocenters. The van der Waals surface area contributed by atoms with Crippen molar-refractivity contribution in [3.05, 3.63) is 49.6 Å². The molecule has 9 heteroatoms. The molecule has 3 saturated heterocycles. The molecule has 2 bridgehead atoms. The maximum Gasteiger partial charge on any atom is 0.312 e. The number of aliphatic hydroxyl groups is 1. The van der Waals surface area contributed by atoms with Crippen LogP contribution in [0, 0.1) is 23.7 Å². The SMILES string of the molecule is C=CCCCOC(=O)[C@H]1[C@H]2C(=O)N([C@@H](CO)C(C)C)C(C(=O)N(CC=C)c3ccc(N(CC)CC)cc3)C23CC(C)[C@]1(C)O3. The second kappa shape index (κ2) is 13.4. The molecule has 0 radical (unpaired) electrons. The highest BCUT2D eigenvalue weighted by Crippen LogP contribution is 2.66. The molecule has 0 saturated carbocycles. The normalized spacial score (nSPS) is 29.5. The number of amides is 2. The average Bonchev–Trinajstić information content (AvgIpc) is 3.51. The van der Waals surface area contributed by atoms with Crippen LogP contribution < -0.4 is 9.80 Å². The summed E-state index contributed by atoms with van der Waals surface area (Å²) in [5.41, 5.74) is -0.485.